The van der Waals surface area contributed by atoms with Gasteiger partial charge in [-0.3, -0.25) is 14.9 Å². The lowest BCUT2D eigenvalue weighted by Crippen LogP contribution is -2.14. The number of carbonyl (C=O) groups excluding carboxylic acids is 1. The highest BCUT2D eigenvalue weighted by molar-refractivity contribution is 6.07. The van der Waals surface area contributed by atoms with Crippen molar-refractivity contribution in [3.05, 3.63) is 63.7 Å². The number of nitrogens with one attached hydrogen (secondary N) is 1. The summed E-state index contributed by atoms with van der Waals surface area (Å²) in [6.45, 7) is 1.88. The monoisotopic (exact) mass is 330 g/mol. The zero-order valence-corrected chi connectivity index (χ0v) is 13.6. The fraction of sp³-hybridized carbons (Fsp3) is 0.235. The summed E-state index contributed by atoms with van der Waals surface area (Å²) >= 11 is 0. The molecule has 1 N–H and O–H groups in total. The number of benzene rings is 2. The number of hydrogen-bond acceptors (Lipinski definition) is 5. The van der Waals surface area contributed by atoms with Crippen LogP contribution in [0.5, 0.6) is 5.75 Å². The molecule has 0 aliphatic rings. The minimum atomic E-state index is -0.599. The smallest absolute Gasteiger partial charge is 0.282 e. The molecule has 0 aromatic heterocycles. The minimum absolute atomic E-state index is 0.0652. The quantitative estimate of drug-likeness (QED) is 0.646. The maximum absolute atomic E-state index is 12.5. The van der Waals surface area contributed by atoms with Crippen molar-refractivity contribution >= 4 is 17.3 Å². The fourth-order valence-electron chi connectivity index (χ4n) is 2.19. The highest BCUT2D eigenvalue weighted by atomic mass is 16.6. The summed E-state index contributed by atoms with van der Waals surface area (Å²) < 4.78 is 10.3. The summed E-state index contributed by atoms with van der Waals surface area (Å²) in [4.78, 5) is 23.0. The molecule has 0 spiro atoms. The van der Waals surface area contributed by atoms with Crippen LogP contribution in [0.25, 0.3) is 0 Å². The first kappa shape index (κ1) is 17.4. The Morgan fingerprint density at radius 3 is 2.58 bits per heavy atom. The van der Waals surface area contributed by atoms with Gasteiger partial charge >= 0.3 is 0 Å². The molecule has 0 radical (unpaired) electrons. The lowest BCUT2D eigenvalue weighted by atomic mass is 10.1. The van der Waals surface area contributed by atoms with E-state index in [0.29, 0.717) is 11.4 Å². The molecule has 2 aromatic rings. The molecule has 0 fully saturated rings. The van der Waals surface area contributed by atoms with Crippen molar-refractivity contribution in [1.82, 2.24) is 0 Å². The molecular weight excluding hydrogens is 312 g/mol. The van der Waals surface area contributed by atoms with Crippen molar-refractivity contribution < 1.29 is 19.2 Å². The van der Waals surface area contributed by atoms with E-state index in [0.717, 1.165) is 5.56 Å². The predicted molar refractivity (Wildman–Crippen MR) is 89.5 cm³/mol. The summed E-state index contributed by atoms with van der Waals surface area (Å²) in [6.07, 6.45) is -0.131. The van der Waals surface area contributed by atoms with Gasteiger partial charge in [0.1, 0.15) is 11.3 Å². The molecule has 0 saturated heterocycles. The van der Waals surface area contributed by atoms with E-state index in [2.05, 4.69) is 5.32 Å². The van der Waals surface area contributed by atoms with Crippen LogP contribution in [0, 0.1) is 10.1 Å². The van der Waals surface area contributed by atoms with Gasteiger partial charge in [-0.2, -0.15) is 0 Å². The Balaban J connectivity index is 2.31. The van der Waals surface area contributed by atoms with Gasteiger partial charge in [0.25, 0.3) is 11.6 Å². The third-order valence-corrected chi connectivity index (χ3v) is 3.61. The Hall–Kier alpha value is -2.93. The molecule has 0 saturated carbocycles. The van der Waals surface area contributed by atoms with Crippen LogP contribution in [0.1, 0.15) is 28.9 Å². The highest BCUT2D eigenvalue weighted by Gasteiger charge is 2.21. The molecule has 0 aliphatic carbocycles. The van der Waals surface area contributed by atoms with Gasteiger partial charge in [-0.25, -0.2) is 0 Å². The van der Waals surface area contributed by atoms with Crippen molar-refractivity contribution in [2.24, 2.45) is 0 Å². The van der Waals surface area contributed by atoms with Gasteiger partial charge in [-0.1, -0.05) is 12.1 Å². The Morgan fingerprint density at radius 2 is 1.96 bits per heavy atom. The Morgan fingerprint density at radius 1 is 1.21 bits per heavy atom. The molecule has 0 unspecified atom stereocenters. The molecule has 7 nitrogen and oxygen atoms in total. The maximum atomic E-state index is 12.5. The number of nitro benzene ring substituents is 1. The number of nitro groups is 1. The Kier molecular flexibility index (Phi) is 5.49. The van der Waals surface area contributed by atoms with E-state index in [9.17, 15) is 14.9 Å². The van der Waals surface area contributed by atoms with Crippen LogP contribution >= 0.6 is 0 Å². The van der Waals surface area contributed by atoms with Crippen molar-refractivity contribution in [3.8, 4) is 5.75 Å². The summed E-state index contributed by atoms with van der Waals surface area (Å²) in [5, 5.41) is 13.8. The van der Waals surface area contributed by atoms with Crippen LogP contribution in [-0.2, 0) is 4.74 Å². The molecular formula is C17H18N2O5. The zero-order valence-electron chi connectivity index (χ0n) is 13.6. The molecule has 0 bridgehead atoms. The van der Waals surface area contributed by atoms with Gasteiger partial charge in [0.2, 0.25) is 0 Å². The predicted octanol–water partition coefficient (Wildman–Crippen LogP) is 3.56. The average molecular weight is 330 g/mol. The third-order valence-electron chi connectivity index (χ3n) is 3.61. The van der Waals surface area contributed by atoms with Gasteiger partial charge in [0.15, 0.2) is 0 Å². The van der Waals surface area contributed by atoms with Gasteiger partial charge < -0.3 is 14.8 Å². The number of anilines is 1. The SMILES string of the molecule is COc1ccc([N+](=O)[O-])c(C(=O)Nc2cccc([C@@H](C)OC)c2)c1. The van der Waals surface area contributed by atoms with Crippen LogP contribution in [0.4, 0.5) is 11.4 Å². The first-order valence-electron chi connectivity index (χ1n) is 7.22. The number of amides is 1. The van der Waals surface area contributed by atoms with Crippen LogP contribution in [0.2, 0.25) is 0 Å². The van der Waals surface area contributed by atoms with E-state index in [1.54, 1.807) is 25.3 Å². The van der Waals surface area contributed by atoms with Crippen molar-refractivity contribution in [2.75, 3.05) is 19.5 Å². The van der Waals surface area contributed by atoms with Crippen molar-refractivity contribution in [3.63, 3.8) is 0 Å². The Labute approximate surface area is 139 Å². The lowest BCUT2D eigenvalue weighted by molar-refractivity contribution is -0.385. The van der Waals surface area contributed by atoms with E-state index < -0.39 is 10.8 Å². The van der Waals surface area contributed by atoms with Crippen LogP contribution in [0.3, 0.4) is 0 Å². The summed E-state index contributed by atoms with van der Waals surface area (Å²) in [5.74, 6) is -0.213. The van der Waals surface area contributed by atoms with Gasteiger partial charge in [0, 0.05) is 18.9 Å². The largest absolute Gasteiger partial charge is 0.497 e. The second kappa shape index (κ2) is 7.56. The molecule has 2 aromatic carbocycles. The molecule has 2 rings (SSSR count). The Bertz CT molecular complexity index is 760. The first-order valence-corrected chi connectivity index (χ1v) is 7.22. The van der Waals surface area contributed by atoms with Crippen LogP contribution in [0.15, 0.2) is 42.5 Å². The molecule has 1 atom stereocenters. The number of ether oxygens (including phenoxy) is 2. The second-order valence-electron chi connectivity index (χ2n) is 5.10. The normalized spacial score (nSPS) is 11.6. The molecule has 7 heteroatoms. The summed E-state index contributed by atoms with van der Waals surface area (Å²) in [7, 11) is 3.02. The molecule has 126 valence electrons. The topological polar surface area (TPSA) is 90.7 Å². The number of carbonyl (C=O) groups is 1. The van der Waals surface area contributed by atoms with E-state index in [4.69, 9.17) is 9.47 Å². The third kappa shape index (κ3) is 3.88. The zero-order chi connectivity index (χ0) is 17.7. The highest BCUT2D eigenvalue weighted by Crippen LogP contribution is 2.26. The van der Waals surface area contributed by atoms with Gasteiger partial charge in [0.05, 0.1) is 18.1 Å². The molecule has 0 aliphatic heterocycles. The van der Waals surface area contributed by atoms with E-state index >= 15 is 0 Å². The number of methoxy groups -OCH3 is 2. The van der Waals surface area contributed by atoms with Crippen LogP contribution in [-0.4, -0.2) is 25.1 Å². The van der Waals surface area contributed by atoms with Gasteiger partial charge in [-0.15, -0.1) is 0 Å². The van der Waals surface area contributed by atoms with Crippen molar-refractivity contribution in [2.45, 2.75) is 13.0 Å². The maximum Gasteiger partial charge on any atom is 0.282 e. The fourth-order valence-corrected chi connectivity index (χ4v) is 2.19. The molecule has 24 heavy (non-hydrogen) atoms. The summed E-state index contributed by atoms with van der Waals surface area (Å²) in [6, 6.07) is 11.1. The van der Waals surface area contributed by atoms with E-state index in [-0.39, 0.29) is 17.4 Å². The second-order valence-corrected chi connectivity index (χ2v) is 5.10. The summed E-state index contributed by atoms with van der Waals surface area (Å²) in [5.41, 5.74) is 1.06. The van der Waals surface area contributed by atoms with Gasteiger partial charge in [-0.05, 0) is 36.8 Å². The molecule has 0 heterocycles. The van der Waals surface area contributed by atoms with E-state index in [1.165, 1.54) is 25.3 Å². The number of nitrogens with zero attached hydrogens (tertiary/aromatic N) is 1. The van der Waals surface area contributed by atoms with Crippen molar-refractivity contribution in [1.29, 1.82) is 0 Å². The average Bonchev–Trinajstić information content (AvgIpc) is 2.60. The standard InChI is InChI=1S/C17H18N2O5/c1-11(23-2)12-5-4-6-13(9-12)18-17(20)15-10-14(24-3)7-8-16(15)19(21)22/h4-11H,1-3H3,(H,18,20)/t11-/m1/s1. The lowest BCUT2D eigenvalue weighted by Gasteiger charge is -2.12. The van der Waals surface area contributed by atoms with Crippen LogP contribution < -0.4 is 10.1 Å². The number of hydrogen-bond donors (Lipinski definition) is 1. The van der Waals surface area contributed by atoms with E-state index in [1.807, 2.05) is 13.0 Å². The number of rotatable bonds is 6. The molecule has 1 amide bonds. The minimum Gasteiger partial charge on any atom is -0.497 e. The first-order chi connectivity index (χ1) is 11.5.